The first-order chi connectivity index (χ1) is 8.97. The summed E-state index contributed by atoms with van der Waals surface area (Å²) in [6.45, 7) is 6.01. The number of allylic oxidation sites excluding steroid dienone is 2. The van der Waals surface area contributed by atoms with Gasteiger partial charge in [-0.2, -0.15) is 0 Å². The van der Waals surface area contributed by atoms with Crippen LogP contribution in [0.2, 0.25) is 0 Å². The monoisotopic (exact) mass is 258 g/mol. The van der Waals surface area contributed by atoms with Gasteiger partial charge in [0.1, 0.15) is 11.5 Å². The minimum absolute atomic E-state index is 0.117. The van der Waals surface area contributed by atoms with Crippen molar-refractivity contribution < 1.29 is 9.90 Å². The number of hydrogen-bond donors (Lipinski definition) is 1. The van der Waals surface area contributed by atoms with E-state index in [1.165, 1.54) is 16.7 Å². The first-order valence-electron chi connectivity index (χ1n) is 6.99. The van der Waals surface area contributed by atoms with Crippen molar-refractivity contribution in [1.82, 2.24) is 0 Å². The summed E-state index contributed by atoms with van der Waals surface area (Å²) in [6, 6.07) is 5.52. The van der Waals surface area contributed by atoms with Gasteiger partial charge in [-0.05, 0) is 60.9 Å². The molecule has 102 valence electrons. The van der Waals surface area contributed by atoms with Crippen molar-refractivity contribution in [3.8, 4) is 5.75 Å². The number of carbonyl (C=O) groups excluding carboxylic acids is 1. The first-order valence-corrected chi connectivity index (χ1v) is 6.99. The lowest BCUT2D eigenvalue weighted by Crippen LogP contribution is -2.14. The van der Waals surface area contributed by atoms with E-state index in [0.29, 0.717) is 11.7 Å². The van der Waals surface area contributed by atoms with Gasteiger partial charge in [-0.3, -0.25) is 4.79 Å². The third-order valence-electron chi connectivity index (χ3n) is 3.80. The molecule has 1 aromatic carbocycles. The Labute approximate surface area is 115 Å². The van der Waals surface area contributed by atoms with E-state index in [2.05, 4.69) is 19.9 Å². The SMILES string of the molecule is CC(=O)C(CC1=CCc2cc(O)ccc21)CC(C)C. The highest BCUT2D eigenvalue weighted by Crippen LogP contribution is 2.35. The molecular weight excluding hydrogens is 236 g/mol. The zero-order valence-electron chi connectivity index (χ0n) is 11.9. The van der Waals surface area contributed by atoms with Crippen LogP contribution >= 0.6 is 0 Å². The Hall–Kier alpha value is -1.57. The summed E-state index contributed by atoms with van der Waals surface area (Å²) in [5.41, 5.74) is 3.63. The minimum atomic E-state index is 0.117. The smallest absolute Gasteiger partial charge is 0.133 e. The highest BCUT2D eigenvalue weighted by atomic mass is 16.3. The highest BCUT2D eigenvalue weighted by molar-refractivity contribution is 5.82. The third-order valence-corrected chi connectivity index (χ3v) is 3.80. The van der Waals surface area contributed by atoms with Crippen LogP contribution in [0, 0.1) is 11.8 Å². The second-order valence-corrected chi connectivity index (χ2v) is 5.92. The molecule has 0 amide bonds. The number of hydrogen-bond acceptors (Lipinski definition) is 2. The van der Waals surface area contributed by atoms with Crippen molar-refractivity contribution in [2.24, 2.45) is 11.8 Å². The van der Waals surface area contributed by atoms with E-state index in [-0.39, 0.29) is 11.7 Å². The van der Waals surface area contributed by atoms with Crippen molar-refractivity contribution in [1.29, 1.82) is 0 Å². The maximum Gasteiger partial charge on any atom is 0.133 e. The van der Waals surface area contributed by atoms with E-state index in [1.54, 1.807) is 13.0 Å². The number of ketones is 1. The van der Waals surface area contributed by atoms with Gasteiger partial charge in [0, 0.05) is 5.92 Å². The van der Waals surface area contributed by atoms with Gasteiger partial charge in [0.15, 0.2) is 0 Å². The van der Waals surface area contributed by atoms with Crippen molar-refractivity contribution in [3.63, 3.8) is 0 Å². The van der Waals surface area contributed by atoms with Gasteiger partial charge in [0.05, 0.1) is 0 Å². The van der Waals surface area contributed by atoms with Gasteiger partial charge in [-0.25, -0.2) is 0 Å². The van der Waals surface area contributed by atoms with Crippen LogP contribution < -0.4 is 0 Å². The number of carbonyl (C=O) groups is 1. The fourth-order valence-electron chi connectivity index (χ4n) is 2.83. The zero-order valence-corrected chi connectivity index (χ0v) is 11.9. The maximum atomic E-state index is 11.8. The standard InChI is InChI=1S/C17H22O2/c1-11(2)8-15(12(3)18)9-13-4-5-14-10-16(19)6-7-17(13)14/h4,6-7,10-11,15,19H,5,8-9H2,1-3H3. The number of Topliss-reactive ketones (excluding diaryl/α,β-unsaturated/α-hetero) is 1. The fourth-order valence-corrected chi connectivity index (χ4v) is 2.83. The molecule has 19 heavy (non-hydrogen) atoms. The van der Waals surface area contributed by atoms with Gasteiger partial charge >= 0.3 is 0 Å². The second kappa shape index (κ2) is 5.60. The van der Waals surface area contributed by atoms with Gasteiger partial charge in [0.2, 0.25) is 0 Å². The number of phenols is 1. The number of benzene rings is 1. The molecule has 2 nitrogen and oxygen atoms in total. The molecule has 2 rings (SSSR count). The molecule has 2 heteroatoms. The van der Waals surface area contributed by atoms with Crippen LogP contribution in [0.25, 0.3) is 5.57 Å². The zero-order chi connectivity index (χ0) is 14.0. The summed E-state index contributed by atoms with van der Waals surface area (Å²) in [5, 5.41) is 9.49. The largest absolute Gasteiger partial charge is 0.508 e. The van der Waals surface area contributed by atoms with Gasteiger partial charge in [-0.15, -0.1) is 0 Å². The Bertz CT molecular complexity index is 512. The van der Waals surface area contributed by atoms with Crippen molar-refractivity contribution in [2.75, 3.05) is 0 Å². The fraction of sp³-hybridized carbons (Fsp3) is 0.471. The molecule has 0 fully saturated rings. The summed E-state index contributed by atoms with van der Waals surface area (Å²) in [7, 11) is 0. The molecule has 0 saturated heterocycles. The number of fused-ring (bicyclic) bond motifs is 1. The average Bonchev–Trinajstić information content (AvgIpc) is 2.70. The Morgan fingerprint density at radius 3 is 2.74 bits per heavy atom. The third kappa shape index (κ3) is 3.25. The van der Waals surface area contributed by atoms with Crippen LogP contribution in [0.1, 0.15) is 44.7 Å². The van der Waals surface area contributed by atoms with E-state index in [4.69, 9.17) is 0 Å². The van der Waals surface area contributed by atoms with Crippen LogP contribution in [0.3, 0.4) is 0 Å². The predicted octanol–water partition coefficient (Wildman–Crippen LogP) is 3.97. The molecule has 1 aromatic rings. The molecule has 1 aliphatic rings. The average molecular weight is 258 g/mol. The summed E-state index contributed by atoms with van der Waals surface area (Å²) < 4.78 is 0. The summed E-state index contributed by atoms with van der Waals surface area (Å²) in [6.07, 6.45) is 4.83. The predicted molar refractivity (Wildman–Crippen MR) is 78.0 cm³/mol. The molecule has 1 atom stereocenters. The highest BCUT2D eigenvalue weighted by Gasteiger charge is 2.22. The molecule has 1 unspecified atom stereocenters. The minimum Gasteiger partial charge on any atom is -0.508 e. The molecule has 0 aromatic heterocycles. The molecule has 0 heterocycles. The van der Waals surface area contributed by atoms with Gasteiger partial charge in [0.25, 0.3) is 0 Å². The normalized spacial score (nSPS) is 15.3. The Morgan fingerprint density at radius 2 is 2.11 bits per heavy atom. The number of aromatic hydroxyl groups is 1. The molecule has 0 bridgehead atoms. The summed E-state index contributed by atoms with van der Waals surface area (Å²) in [5.74, 6) is 1.25. The molecule has 1 N–H and O–H groups in total. The van der Waals surface area contributed by atoms with E-state index in [1.807, 2.05) is 12.1 Å². The molecule has 0 saturated carbocycles. The van der Waals surface area contributed by atoms with E-state index in [0.717, 1.165) is 19.3 Å². The van der Waals surface area contributed by atoms with Crippen LogP contribution in [0.4, 0.5) is 0 Å². The second-order valence-electron chi connectivity index (χ2n) is 5.92. The summed E-state index contributed by atoms with van der Waals surface area (Å²) >= 11 is 0. The van der Waals surface area contributed by atoms with Crippen LogP contribution in [-0.2, 0) is 11.2 Å². The van der Waals surface area contributed by atoms with Gasteiger partial charge < -0.3 is 5.11 Å². The van der Waals surface area contributed by atoms with Crippen molar-refractivity contribution in [3.05, 3.63) is 35.4 Å². The molecular formula is C17H22O2. The van der Waals surface area contributed by atoms with Crippen molar-refractivity contribution in [2.45, 2.75) is 40.0 Å². The maximum absolute atomic E-state index is 11.8. The molecule has 1 aliphatic carbocycles. The summed E-state index contributed by atoms with van der Waals surface area (Å²) in [4.78, 5) is 11.8. The topological polar surface area (TPSA) is 37.3 Å². The van der Waals surface area contributed by atoms with Crippen LogP contribution in [-0.4, -0.2) is 10.9 Å². The van der Waals surface area contributed by atoms with Gasteiger partial charge in [-0.1, -0.05) is 26.0 Å². The van der Waals surface area contributed by atoms with E-state index in [9.17, 15) is 9.90 Å². The lowest BCUT2D eigenvalue weighted by molar-refractivity contribution is -0.121. The van der Waals surface area contributed by atoms with Crippen LogP contribution in [0.5, 0.6) is 5.75 Å². The van der Waals surface area contributed by atoms with E-state index < -0.39 is 0 Å². The number of rotatable bonds is 5. The first kappa shape index (κ1) is 13.9. The molecule has 0 spiro atoms. The van der Waals surface area contributed by atoms with Crippen LogP contribution in [0.15, 0.2) is 24.3 Å². The lowest BCUT2D eigenvalue weighted by Gasteiger charge is -2.17. The Balaban J connectivity index is 2.15. The van der Waals surface area contributed by atoms with E-state index >= 15 is 0 Å². The lowest BCUT2D eigenvalue weighted by atomic mass is 9.86. The molecule has 0 aliphatic heterocycles. The molecule has 0 radical (unpaired) electrons. The van der Waals surface area contributed by atoms with Crippen molar-refractivity contribution >= 4 is 11.4 Å². The Kier molecular flexibility index (Phi) is 4.08. The Morgan fingerprint density at radius 1 is 1.37 bits per heavy atom. The number of phenolic OH excluding ortho intramolecular Hbond substituents is 1. The quantitative estimate of drug-likeness (QED) is 0.867.